The molecule has 1 atom stereocenters. The second-order valence-electron chi connectivity index (χ2n) is 4.41. The molecule has 1 aromatic rings. The summed E-state index contributed by atoms with van der Waals surface area (Å²) in [5.41, 5.74) is 5.72. The van der Waals surface area contributed by atoms with Crippen LogP contribution < -0.4 is 11.1 Å². The number of anilines is 2. The van der Waals surface area contributed by atoms with E-state index in [-0.39, 0.29) is 12.6 Å². The number of hydrogen-bond acceptors (Lipinski definition) is 6. The summed E-state index contributed by atoms with van der Waals surface area (Å²) >= 11 is 0. The van der Waals surface area contributed by atoms with Gasteiger partial charge in [-0.05, 0) is 12.8 Å². The van der Waals surface area contributed by atoms with E-state index in [2.05, 4.69) is 15.3 Å². The normalized spacial score (nSPS) is 12.7. The highest BCUT2D eigenvalue weighted by molar-refractivity contribution is 5.45. The van der Waals surface area contributed by atoms with Crippen molar-refractivity contribution in [1.29, 1.82) is 0 Å². The molecule has 0 amide bonds. The number of aliphatic hydroxyl groups is 1. The fraction of sp³-hybridized carbons (Fsp3) is 0.667. The van der Waals surface area contributed by atoms with Crippen molar-refractivity contribution in [2.75, 3.05) is 24.3 Å². The predicted molar refractivity (Wildman–Crippen MR) is 71.1 cm³/mol. The van der Waals surface area contributed by atoms with Gasteiger partial charge in [0, 0.05) is 12.7 Å². The van der Waals surface area contributed by atoms with E-state index >= 15 is 0 Å². The summed E-state index contributed by atoms with van der Waals surface area (Å²) in [4.78, 5) is 8.39. The van der Waals surface area contributed by atoms with Crippen LogP contribution in [-0.2, 0) is 11.3 Å². The van der Waals surface area contributed by atoms with Gasteiger partial charge in [-0.15, -0.1) is 0 Å². The molecule has 0 aliphatic rings. The number of nitrogens with zero attached hydrogens (tertiary/aromatic N) is 2. The highest BCUT2D eigenvalue weighted by Gasteiger charge is 2.13. The van der Waals surface area contributed by atoms with Crippen molar-refractivity contribution in [3.8, 4) is 0 Å². The van der Waals surface area contributed by atoms with Crippen molar-refractivity contribution in [3.05, 3.63) is 11.9 Å². The Morgan fingerprint density at radius 1 is 1.44 bits per heavy atom. The molecule has 6 nitrogen and oxygen atoms in total. The molecule has 0 spiro atoms. The lowest BCUT2D eigenvalue weighted by atomic mass is 10.1. The molecule has 0 radical (unpaired) electrons. The Morgan fingerprint density at radius 2 is 2.17 bits per heavy atom. The van der Waals surface area contributed by atoms with Gasteiger partial charge in [-0.25, -0.2) is 9.97 Å². The molecule has 0 fully saturated rings. The summed E-state index contributed by atoms with van der Waals surface area (Å²) in [6.45, 7) is 6.95. The van der Waals surface area contributed by atoms with Crippen LogP contribution in [0.1, 0.15) is 26.6 Å². The van der Waals surface area contributed by atoms with Gasteiger partial charge in [0.05, 0.1) is 12.6 Å². The van der Waals surface area contributed by atoms with Crippen molar-refractivity contribution in [3.63, 3.8) is 0 Å². The molecule has 0 saturated carbocycles. The molecule has 1 aromatic heterocycles. The van der Waals surface area contributed by atoms with Gasteiger partial charge in [-0.3, -0.25) is 0 Å². The Hall–Kier alpha value is -1.40. The van der Waals surface area contributed by atoms with Crippen molar-refractivity contribution in [1.82, 2.24) is 9.97 Å². The third kappa shape index (κ3) is 4.46. The van der Waals surface area contributed by atoms with Crippen LogP contribution in [0.4, 0.5) is 11.6 Å². The van der Waals surface area contributed by atoms with E-state index in [0.717, 1.165) is 0 Å². The molecule has 0 aliphatic carbocycles. The topological polar surface area (TPSA) is 93.3 Å². The van der Waals surface area contributed by atoms with E-state index in [1.54, 1.807) is 6.07 Å². The Kier molecular flexibility index (Phi) is 5.80. The minimum absolute atomic E-state index is 0.0440. The summed E-state index contributed by atoms with van der Waals surface area (Å²) in [5.74, 6) is 1.84. The summed E-state index contributed by atoms with van der Waals surface area (Å²) in [5, 5.41) is 12.4. The molecule has 4 N–H and O–H groups in total. The fourth-order valence-corrected chi connectivity index (χ4v) is 1.46. The van der Waals surface area contributed by atoms with Crippen LogP contribution in [0.25, 0.3) is 0 Å². The number of rotatable bonds is 7. The quantitative estimate of drug-likeness (QED) is 0.673. The van der Waals surface area contributed by atoms with Gasteiger partial charge < -0.3 is 20.9 Å². The second-order valence-corrected chi connectivity index (χ2v) is 4.41. The first-order chi connectivity index (χ1) is 8.56. The van der Waals surface area contributed by atoms with E-state index in [1.807, 2.05) is 20.8 Å². The van der Waals surface area contributed by atoms with Crippen LogP contribution in [0.3, 0.4) is 0 Å². The summed E-state index contributed by atoms with van der Waals surface area (Å²) in [6.07, 6.45) is 0. The SMILES string of the molecule is CCOCc1nc(N)cc(N[C@H](CO)C(C)C)n1. The van der Waals surface area contributed by atoms with E-state index in [1.165, 1.54) is 0 Å². The van der Waals surface area contributed by atoms with Crippen molar-refractivity contribution in [2.45, 2.75) is 33.4 Å². The van der Waals surface area contributed by atoms with Gasteiger partial charge in [0.1, 0.15) is 18.2 Å². The minimum Gasteiger partial charge on any atom is -0.394 e. The third-order valence-electron chi connectivity index (χ3n) is 2.56. The largest absolute Gasteiger partial charge is 0.394 e. The Bertz CT molecular complexity index is 371. The number of ether oxygens (including phenoxy) is 1. The van der Waals surface area contributed by atoms with Gasteiger partial charge in [-0.2, -0.15) is 0 Å². The smallest absolute Gasteiger partial charge is 0.158 e. The van der Waals surface area contributed by atoms with Crippen LogP contribution in [0.15, 0.2) is 6.07 Å². The highest BCUT2D eigenvalue weighted by atomic mass is 16.5. The highest BCUT2D eigenvalue weighted by Crippen LogP contribution is 2.13. The number of nitrogen functional groups attached to an aromatic ring is 1. The van der Waals surface area contributed by atoms with Crippen LogP contribution >= 0.6 is 0 Å². The van der Waals surface area contributed by atoms with Gasteiger partial charge >= 0.3 is 0 Å². The lowest BCUT2D eigenvalue weighted by molar-refractivity contribution is 0.128. The molecular formula is C12H22N4O2. The first-order valence-corrected chi connectivity index (χ1v) is 6.15. The van der Waals surface area contributed by atoms with Crippen LogP contribution in [0.2, 0.25) is 0 Å². The Labute approximate surface area is 108 Å². The number of nitrogens with two attached hydrogens (primary N) is 1. The monoisotopic (exact) mass is 254 g/mol. The van der Waals surface area contributed by atoms with Crippen LogP contribution in [0, 0.1) is 5.92 Å². The van der Waals surface area contributed by atoms with E-state index in [0.29, 0.717) is 36.6 Å². The fourth-order valence-electron chi connectivity index (χ4n) is 1.46. The molecule has 0 aliphatic heterocycles. The number of hydrogen-bond donors (Lipinski definition) is 3. The van der Waals surface area contributed by atoms with Gasteiger partial charge in [0.25, 0.3) is 0 Å². The molecule has 1 rings (SSSR count). The third-order valence-corrected chi connectivity index (χ3v) is 2.56. The molecule has 18 heavy (non-hydrogen) atoms. The van der Waals surface area contributed by atoms with Crippen LogP contribution in [-0.4, -0.2) is 34.3 Å². The second kappa shape index (κ2) is 7.13. The standard InChI is InChI=1S/C12H22N4O2/c1-4-18-7-12-15-10(13)5-11(16-12)14-9(6-17)8(2)3/h5,8-9,17H,4,6-7H2,1-3H3,(H3,13,14,15,16)/t9-/m1/s1. The summed E-state index contributed by atoms with van der Waals surface area (Å²) < 4.78 is 5.25. The molecule has 0 bridgehead atoms. The first-order valence-electron chi connectivity index (χ1n) is 6.15. The zero-order valence-electron chi connectivity index (χ0n) is 11.2. The number of nitrogens with one attached hydrogen (secondary N) is 1. The van der Waals surface area contributed by atoms with E-state index in [9.17, 15) is 5.11 Å². The summed E-state index contributed by atoms with van der Waals surface area (Å²) in [7, 11) is 0. The number of aliphatic hydroxyl groups excluding tert-OH is 1. The summed E-state index contributed by atoms with van der Waals surface area (Å²) in [6, 6.07) is 1.60. The molecule has 0 saturated heterocycles. The molecule has 6 heteroatoms. The maximum Gasteiger partial charge on any atom is 0.158 e. The van der Waals surface area contributed by atoms with Gasteiger partial charge in [-0.1, -0.05) is 13.8 Å². The van der Waals surface area contributed by atoms with Crippen molar-refractivity contribution in [2.24, 2.45) is 5.92 Å². The molecule has 1 heterocycles. The average molecular weight is 254 g/mol. The maximum absolute atomic E-state index is 9.28. The van der Waals surface area contributed by atoms with Gasteiger partial charge in [0.15, 0.2) is 5.82 Å². The Morgan fingerprint density at radius 3 is 2.72 bits per heavy atom. The molecular weight excluding hydrogens is 232 g/mol. The first kappa shape index (κ1) is 14.7. The van der Waals surface area contributed by atoms with E-state index in [4.69, 9.17) is 10.5 Å². The average Bonchev–Trinajstić information content (AvgIpc) is 2.32. The van der Waals surface area contributed by atoms with Crippen molar-refractivity contribution >= 4 is 11.6 Å². The maximum atomic E-state index is 9.28. The molecule has 0 aromatic carbocycles. The zero-order chi connectivity index (χ0) is 13.5. The van der Waals surface area contributed by atoms with Crippen molar-refractivity contribution < 1.29 is 9.84 Å². The van der Waals surface area contributed by atoms with Crippen LogP contribution in [0.5, 0.6) is 0 Å². The number of aromatic nitrogens is 2. The zero-order valence-corrected chi connectivity index (χ0v) is 11.2. The van der Waals surface area contributed by atoms with E-state index < -0.39 is 0 Å². The minimum atomic E-state index is -0.0563. The predicted octanol–water partition coefficient (Wildman–Crippen LogP) is 1.02. The molecule has 102 valence electrons. The van der Waals surface area contributed by atoms with Gasteiger partial charge in [0.2, 0.25) is 0 Å². The Balaban J connectivity index is 2.78. The lowest BCUT2D eigenvalue weighted by Crippen LogP contribution is -2.30. The lowest BCUT2D eigenvalue weighted by Gasteiger charge is -2.20. The molecule has 0 unspecified atom stereocenters.